The van der Waals surface area contributed by atoms with Gasteiger partial charge in [0.2, 0.25) is 10.0 Å². The SMILES string of the molecule is CN([C@@H]1CCCc2c1cnn2CC(=O)O)S(=O)(=O)c1cc(C(F)(F)F)cc(C(F)(F)F)c1. The van der Waals surface area contributed by atoms with Crippen LogP contribution in [0.4, 0.5) is 26.3 Å². The summed E-state index contributed by atoms with van der Waals surface area (Å²) in [6.07, 6.45) is -8.08. The molecule has 14 heteroatoms. The first kappa shape index (κ1) is 24.0. The van der Waals surface area contributed by atoms with E-state index < -0.39 is 57.0 Å². The van der Waals surface area contributed by atoms with Gasteiger partial charge in [-0.15, -0.1) is 0 Å². The Hall–Kier alpha value is -2.61. The Morgan fingerprint density at radius 2 is 1.72 bits per heavy atom. The van der Waals surface area contributed by atoms with Crippen LogP contribution in [0.2, 0.25) is 0 Å². The number of rotatable bonds is 5. The van der Waals surface area contributed by atoms with Crippen LogP contribution in [0.3, 0.4) is 0 Å². The van der Waals surface area contributed by atoms with Crippen LogP contribution in [-0.4, -0.2) is 40.6 Å². The number of benzene rings is 1. The zero-order chi connectivity index (χ0) is 24.1. The topological polar surface area (TPSA) is 92.5 Å². The van der Waals surface area contributed by atoms with Crippen molar-refractivity contribution in [2.75, 3.05) is 7.05 Å². The minimum Gasteiger partial charge on any atom is -0.480 e. The molecule has 1 aromatic heterocycles. The molecule has 0 saturated heterocycles. The predicted molar refractivity (Wildman–Crippen MR) is 96.9 cm³/mol. The summed E-state index contributed by atoms with van der Waals surface area (Å²) < 4.78 is 107. The fourth-order valence-electron chi connectivity index (χ4n) is 3.65. The summed E-state index contributed by atoms with van der Waals surface area (Å²) in [4.78, 5) is 9.84. The van der Waals surface area contributed by atoms with Gasteiger partial charge in [-0.2, -0.15) is 35.7 Å². The second-order valence-electron chi connectivity index (χ2n) is 7.27. The molecule has 1 heterocycles. The number of sulfonamides is 1. The quantitative estimate of drug-likeness (QED) is 0.652. The van der Waals surface area contributed by atoms with E-state index in [0.29, 0.717) is 28.4 Å². The molecule has 0 spiro atoms. The Kier molecular flexibility index (Phi) is 6.06. The standard InChI is InChI=1S/C18H17F6N3O4S/c1-26(14-3-2-4-15-13(14)8-25-27(15)9-16(28)29)32(30,31)12-6-10(17(19,20)21)5-11(7-12)18(22,23)24/h5-8,14H,2-4,9H2,1H3,(H,28,29)/t14-/m1/s1. The van der Waals surface area contributed by atoms with Crippen molar-refractivity contribution in [3.8, 4) is 0 Å². The van der Waals surface area contributed by atoms with Crippen LogP contribution in [-0.2, 0) is 40.1 Å². The van der Waals surface area contributed by atoms with E-state index >= 15 is 0 Å². The van der Waals surface area contributed by atoms with Crippen LogP contribution >= 0.6 is 0 Å². The highest BCUT2D eigenvalue weighted by molar-refractivity contribution is 7.89. The van der Waals surface area contributed by atoms with E-state index in [4.69, 9.17) is 5.11 Å². The van der Waals surface area contributed by atoms with Gasteiger partial charge in [0.1, 0.15) is 6.54 Å². The predicted octanol–water partition coefficient (Wildman–Crippen LogP) is 3.70. The third kappa shape index (κ3) is 4.60. The lowest BCUT2D eigenvalue weighted by Crippen LogP contribution is -2.34. The number of alkyl halides is 6. The van der Waals surface area contributed by atoms with Crippen LogP contribution in [0, 0.1) is 0 Å². The smallest absolute Gasteiger partial charge is 0.416 e. The van der Waals surface area contributed by atoms with E-state index in [1.165, 1.54) is 10.9 Å². The molecule has 7 nitrogen and oxygen atoms in total. The lowest BCUT2D eigenvalue weighted by Gasteiger charge is -2.31. The molecule has 0 aliphatic heterocycles. The van der Waals surface area contributed by atoms with Crippen LogP contribution in [0.25, 0.3) is 0 Å². The van der Waals surface area contributed by atoms with Crippen LogP contribution in [0.15, 0.2) is 29.3 Å². The third-order valence-electron chi connectivity index (χ3n) is 5.19. The monoisotopic (exact) mass is 485 g/mol. The van der Waals surface area contributed by atoms with Crippen molar-refractivity contribution in [1.82, 2.24) is 14.1 Å². The molecule has 0 unspecified atom stereocenters. The average molecular weight is 485 g/mol. The number of halogens is 6. The lowest BCUT2D eigenvalue weighted by molar-refractivity contribution is -0.143. The Morgan fingerprint density at radius 3 is 2.22 bits per heavy atom. The van der Waals surface area contributed by atoms with Crippen LogP contribution < -0.4 is 0 Å². The number of carboxylic acids is 1. The van der Waals surface area contributed by atoms with Gasteiger partial charge in [0.05, 0.1) is 28.3 Å². The van der Waals surface area contributed by atoms with Gasteiger partial charge in [-0.3, -0.25) is 9.48 Å². The van der Waals surface area contributed by atoms with Gasteiger partial charge < -0.3 is 5.11 Å². The molecule has 1 atom stereocenters. The molecule has 1 N–H and O–H groups in total. The van der Waals surface area contributed by atoms with E-state index in [-0.39, 0.29) is 24.6 Å². The Morgan fingerprint density at radius 1 is 1.16 bits per heavy atom. The molecule has 1 aromatic carbocycles. The molecule has 0 bridgehead atoms. The minimum absolute atomic E-state index is 0.145. The van der Waals surface area contributed by atoms with Crippen molar-refractivity contribution in [3.05, 3.63) is 46.8 Å². The first-order valence-corrected chi connectivity index (χ1v) is 10.6. The molecule has 0 fully saturated rings. The molecule has 2 aromatic rings. The van der Waals surface area contributed by atoms with Crippen molar-refractivity contribution >= 4 is 16.0 Å². The van der Waals surface area contributed by atoms with E-state index in [1.54, 1.807) is 0 Å². The fraction of sp³-hybridized carbons (Fsp3) is 0.444. The number of aromatic nitrogens is 2. The minimum atomic E-state index is -5.19. The second kappa shape index (κ2) is 8.06. The maximum atomic E-state index is 13.1. The molecule has 3 rings (SSSR count). The molecular formula is C18H17F6N3O4S. The first-order valence-electron chi connectivity index (χ1n) is 9.16. The van der Waals surface area contributed by atoms with Crippen molar-refractivity contribution in [1.29, 1.82) is 0 Å². The summed E-state index contributed by atoms with van der Waals surface area (Å²) in [7, 11) is -3.73. The maximum Gasteiger partial charge on any atom is 0.416 e. The van der Waals surface area contributed by atoms with E-state index in [0.717, 1.165) is 7.05 Å². The lowest BCUT2D eigenvalue weighted by atomic mass is 9.93. The molecular weight excluding hydrogens is 468 g/mol. The molecule has 0 saturated carbocycles. The first-order chi connectivity index (χ1) is 14.6. The van der Waals surface area contributed by atoms with Gasteiger partial charge in [-0.1, -0.05) is 0 Å². The Balaban J connectivity index is 2.06. The number of hydrogen-bond donors (Lipinski definition) is 1. The van der Waals surface area contributed by atoms with Gasteiger partial charge in [0, 0.05) is 18.3 Å². The number of fused-ring (bicyclic) bond motifs is 1. The van der Waals surface area contributed by atoms with Gasteiger partial charge in [0.25, 0.3) is 0 Å². The number of nitrogens with zero attached hydrogens (tertiary/aromatic N) is 3. The number of hydrogen-bond acceptors (Lipinski definition) is 4. The largest absolute Gasteiger partial charge is 0.480 e. The van der Waals surface area contributed by atoms with Crippen LogP contribution in [0.5, 0.6) is 0 Å². The normalized spacial score (nSPS) is 17.4. The van der Waals surface area contributed by atoms with Gasteiger partial charge >= 0.3 is 18.3 Å². The maximum absolute atomic E-state index is 13.1. The Bertz CT molecular complexity index is 1110. The average Bonchev–Trinajstić information content (AvgIpc) is 3.08. The van der Waals surface area contributed by atoms with Crippen LogP contribution in [0.1, 0.15) is 41.3 Å². The number of carbonyl (C=O) groups is 1. The summed E-state index contributed by atoms with van der Waals surface area (Å²) in [6.45, 7) is -0.471. The zero-order valence-electron chi connectivity index (χ0n) is 16.4. The van der Waals surface area contributed by atoms with Crippen molar-refractivity contribution < 1.29 is 44.7 Å². The highest BCUT2D eigenvalue weighted by Gasteiger charge is 2.40. The molecule has 1 aliphatic carbocycles. The van der Waals surface area contributed by atoms with E-state index in [2.05, 4.69) is 5.10 Å². The van der Waals surface area contributed by atoms with E-state index in [1.807, 2.05) is 0 Å². The molecule has 32 heavy (non-hydrogen) atoms. The highest BCUT2D eigenvalue weighted by atomic mass is 32.2. The third-order valence-corrected chi connectivity index (χ3v) is 7.04. The molecule has 1 aliphatic rings. The Labute approximate surface area is 178 Å². The van der Waals surface area contributed by atoms with Crippen molar-refractivity contribution in [2.45, 2.75) is 49.1 Å². The summed E-state index contributed by atoms with van der Waals surface area (Å²) in [5.74, 6) is -1.18. The molecule has 0 amide bonds. The summed E-state index contributed by atoms with van der Waals surface area (Å²) in [5.41, 5.74) is -2.67. The highest BCUT2D eigenvalue weighted by Crippen LogP contribution is 2.40. The zero-order valence-corrected chi connectivity index (χ0v) is 17.2. The molecule has 0 radical (unpaired) electrons. The number of carboxylic acid groups (broad SMARTS) is 1. The van der Waals surface area contributed by atoms with Gasteiger partial charge in [0.15, 0.2) is 0 Å². The second-order valence-corrected chi connectivity index (χ2v) is 9.27. The number of aliphatic carboxylic acids is 1. The van der Waals surface area contributed by atoms with Crippen molar-refractivity contribution in [3.63, 3.8) is 0 Å². The molecule has 176 valence electrons. The summed E-state index contributed by atoms with van der Waals surface area (Å²) >= 11 is 0. The summed E-state index contributed by atoms with van der Waals surface area (Å²) in [5, 5.41) is 12.9. The van der Waals surface area contributed by atoms with Gasteiger partial charge in [-0.05, 0) is 37.5 Å². The summed E-state index contributed by atoms with van der Waals surface area (Å²) in [6, 6.07) is -0.750. The van der Waals surface area contributed by atoms with Gasteiger partial charge in [-0.25, -0.2) is 8.42 Å². The van der Waals surface area contributed by atoms with E-state index in [9.17, 15) is 39.6 Å². The fourth-order valence-corrected chi connectivity index (χ4v) is 5.08. The van der Waals surface area contributed by atoms with Crippen molar-refractivity contribution in [2.24, 2.45) is 0 Å².